The first-order valence-electron chi connectivity index (χ1n) is 6.25. The van der Waals surface area contributed by atoms with Gasteiger partial charge >= 0.3 is 5.97 Å². The Morgan fingerprint density at radius 2 is 2.05 bits per heavy atom. The van der Waals surface area contributed by atoms with Crippen LogP contribution in [0.1, 0.15) is 24.2 Å². The number of fused-ring (bicyclic) bond motifs is 1. The number of carbonyl (C=O) groups excluding carboxylic acids is 3. The van der Waals surface area contributed by atoms with Crippen molar-refractivity contribution in [3.63, 3.8) is 0 Å². The van der Waals surface area contributed by atoms with E-state index in [1.54, 1.807) is 6.92 Å². The average molecular weight is 292 g/mol. The van der Waals surface area contributed by atoms with Crippen molar-refractivity contribution in [1.82, 2.24) is 10.3 Å². The molecule has 0 saturated heterocycles. The number of hydrogen-bond acceptors (Lipinski definition) is 4. The van der Waals surface area contributed by atoms with Crippen molar-refractivity contribution in [2.45, 2.75) is 13.8 Å². The molecular formula is C14H13FN2O4. The van der Waals surface area contributed by atoms with Crippen LogP contribution >= 0.6 is 0 Å². The van der Waals surface area contributed by atoms with E-state index >= 15 is 0 Å². The number of likely N-dealkylation sites (N-methyl/N-ethyl adjacent to an activating group) is 1. The Morgan fingerprint density at radius 1 is 1.33 bits per heavy atom. The van der Waals surface area contributed by atoms with Gasteiger partial charge in [-0.05, 0) is 13.0 Å². The standard InChI is InChI=1S/C14H13FN2O4/c1-3-16-14(20)13(19)9-6-17-10-4-8(15)5-11(12(9)10)21-7(2)18/h4-6,17H,3H2,1-2H3,(H,16,20). The van der Waals surface area contributed by atoms with Gasteiger partial charge < -0.3 is 15.0 Å². The number of ketones is 1. The van der Waals surface area contributed by atoms with Gasteiger partial charge in [-0.2, -0.15) is 0 Å². The van der Waals surface area contributed by atoms with Crippen LogP contribution in [0.2, 0.25) is 0 Å². The van der Waals surface area contributed by atoms with Gasteiger partial charge in [0, 0.05) is 25.7 Å². The summed E-state index contributed by atoms with van der Waals surface area (Å²) in [6.07, 6.45) is 1.29. The first-order valence-corrected chi connectivity index (χ1v) is 6.25. The predicted molar refractivity (Wildman–Crippen MR) is 72.6 cm³/mol. The molecule has 2 aromatic rings. The van der Waals surface area contributed by atoms with Crippen LogP contribution in [0.15, 0.2) is 18.3 Å². The zero-order chi connectivity index (χ0) is 15.6. The van der Waals surface area contributed by atoms with Crippen LogP contribution < -0.4 is 10.1 Å². The topological polar surface area (TPSA) is 88.3 Å². The number of halogens is 1. The molecular weight excluding hydrogens is 279 g/mol. The maximum Gasteiger partial charge on any atom is 0.308 e. The van der Waals surface area contributed by atoms with E-state index in [0.29, 0.717) is 6.54 Å². The van der Waals surface area contributed by atoms with Gasteiger partial charge in [0.15, 0.2) is 0 Å². The molecule has 0 radical (unpaired) electrons. The van der Waals surface area contributed by atoms with E-state index in [2.05, 4.69) is 10.3 Å². The average Bonchev–Trinajstić information content (AvgIpc) is 2.81. The first kappa shape index (κ1) is 14.7. The first-order chi connectivity index (χ1) is 9.93. The minimum atomic E-state index is -0.789. The Morgan fingerprint density at radius 3 is 2.67 bits per heavy atom. The lowest BCUT2D eigenvalue weighted by Gasteiger charge is -2.06. The van der Waals surface area contributed by atoms with Crippen molar-refractivity contribution in [3.8, 4) is 5.75 Å². The molecule has 2 N–H and O–H groups in total. The summed E-state index contributed by atoms with van der Waals surface area (Å²) in [4.78, 5) is 37.5. The highest BCUT2D eigenvalue weighted by Gasteiger charge is 2.22. The van der Waals surface area contributed by atoms with Crippen molar-refractivity contribution in [3.05, 3.63) is 29.7 Å². The monoisotopic (exact) mass is 292 g/mol. The van der Waals surface area contributed by atoms with E-state index in [9.17, 15) is 18.8 Å². The van der Waals surface area contributed by atoms with Crippen molar-refractivity contribution < 1.29 is 23.5 Å². The van der Waals surface area contributed by atoms with Crippen molar-refractivity contribution in [2.24, 2.45) is 0 Å². The largest absolute Gasteiger partial charge is 0.426 e. The number of carbonyl (C=O) groups is 3. The Bertz CT molecular complexity index is 736. The van der Waals surface area contributed by atoms with Crippen LogP contribution in [0.3, 0.4) is 0 Å². The van der Waals surface area contributed by atoms with E-state index in [4.69, 9.17) is 4.74 Å². The fourth-order valence-electron chi connectivity index (χ4n) is 1.97. The number of aromatic nitrogens is 1. The molecule has 0 fully saturated rings. The minimum absolute atomic E-state index is 0.0206. The molecule has 0 aliphatic carbocycles. The van der Waals surface area contributed by atoms with E-state index in [1.165, 1.54) is 6.20 Å². The number of Topliss-reactive ketones (excluding diaryl/α,β-unsaturated/α-hetero) is 1. The highest BCUT2D eigenvalue weighted by atomic mass is 19.1. The summed E-state index contributed by atoms with van der Waals surface area (Å²) in [5.74, 6) is -2.96. The van der Waals surface area contributed by atoms with Gasteiger partial charge in [-0.25, -0.2) is 4.39 Å². The Kier molecular flexibility index (Phi) is 4.02. The maximum absolute atomic E-state index is 13.5. The van der Waals surface area contributed by atoms with Crippen LogP contribution in [0.25, 0.3) is 10.9 Å². The van der Waals surface area contributed by atoms with Crippen LogP contribution in [0.4, 0.5) is 4.39 Å². The molecule has 0 saturated carbocycles. The number of hydrogen-bond donors (Lipinski definition) is 2. The molecule has 0 spiro atoms. The molecule has 1 amide bonds. The van der Waals surface area contributed by atoms with Crippen molar-refractivity contribution in [1.29, 1.82) is 0 Å². The summed E-state index contributed by atoms with van der Waals surface area (Å²) in [6.45, 7) is 3.15. The highest BCUT2D eigenvalue weighted by Crippen LogP contribution is 2.30. The molecule has 1 aromatic heterocycles. The fraction of sp³-hybridized carbons (Fsp3) is 0.214. The quantitative estimate of drug-likeness (QED) is 0.387. The molecule has 1 heterocycles. The molecule has 7 heteroatoms. The van der Waals surface area contributed by atoms with Crippen LogP contribution in [0, 0.1) is 5.82 Å². The Hall–Kier alpha value is -2.70. The second-order valence-corrected chi connectivity index (χ2v) is 4.31. The number of amides is 1. The molecule has 1 aromatic carbocycles. The van der Waals surface area contributed by atoms with E-state index in [0.717, 1.165) is 19.1 Å². The molecule has 21 heavy (non-hydrogen) atoms. The van der Waals surface area contributed by atoms with Crippen molar-refractivity contribution >= 4 is 28.6 Å². The summed E-state index contributed by atoms with van der Waals surface area (Å²) < 4.78 is 18.4. The molecule has 0 aliphatic heterocycles. The summed E-state index contributed by atoms with van der Waals surface area (Å²) in [5, 5.41) is 2.58. The van der Waals surface area contributed by atoms with E-state index < -0.39 is 23.5 Å². The van der Waals surface area contributed by atoms with Crippen LogP contribution in [-0.2, 0) is 9.59 Å². The molecule has 0 unspecified atom stereocenters. The summed E-state index contributed by atoms with van der Waals surface area (Å²) in [7, 11) is 0. The molecule has 110 valence electrons. The summed E-state index contributed by atoms with van der Waals surface area (Å²) >= 11 is 0. The Labute approximate surface area is 119 Å². The predicted octanol–water partition coefficient (Wildman–Crippen LogP) is 1.55. The minimum Gasteiger partial charge on any atom is -0.426 e. The molecule has 0 aliphatic rings. The van der Waals surface area contributed by atoms with Crippen molar-refractivity contribution in [2.75, 3.05) is 6.54 Å². The number of aromatic amines is 1. The van der Waals surface area contributed by atoms with Gasteiger partial charge in [-0.1, -0.05) is 0 Å². The van der Waals surface area contributed by atoms with Gasteiger partial charge in [0.2, 0.25) is 0 Å². The summed E-state index contributed by atoms with van der Waals surface area (Å²) in [6, 6.07) is 2.14. The van der Waals surface area contributed by atoms with Gasteiger partial charge in [-0.3, -0.25) is 14.4 Å². The molecule has 0 bridgehead atoms. The fourth-order valence-corrected chi connectivity index (χ4v) is 1.97. The molecule has 6 nitrogen and oxygen atoms in total. The third kappa shape index (κ3) is 2.91. The number of benzene rings is 1. The highest BCUT2D eigenvalue weighted by molar-refractivity contribution is 6.45. The van der Waals surface area contributed by atoms with E-state index in [-0.39, 0.29) is 22.2 Å². The number of ether oxygens (including phenoxy) is 1. The number of nitrogens with one attached hydrogen (secondary N) is 2. The molecule has 2 rings (SSSR count). The lowest BCUT2D eigenvalue weighted by Crippen LogP contribution is -2.30. The second kappa shape index (κ2) is 5.74. The lowest BCUT2D eigenvalue weighted by molar-refractivity contribution is -0.131. The number of rotatable bonds is 4. The SMILES string of the molecule is CCNC(=O)C(=O)c1c[nH]c2cc(F)cc(OC(C)=O)c12. The third-order valence-corrected chi connectivity index (χ3v) is 2.75. The van der Waals surface area contributed by atoms with Gasteiger partial charge in [-0.15, -0.1) is 0 Å². The van der Waals surface area contributed by atoms with Gasteiger partial charge in [0.05, 0.1) is 16.5 Å². The van der Waals surface area contributed by atoms with Crippen LogP contribution in [-0.4, -0.2) is 29.2 Å². The maximum atomic E-state index is 13.5. The normalized spacial score (nSPS) is 10.4. The molecule has 0 atom stereocenters. The van der Waals surface area contributed by atoms with Gasteiger partial charge in [0.1, 0.15) is 11.6 Å². The zero-order valence-electron chi connectivity index (χ0n) is 11.5. The summed E-state index contributed by atoms with van der Waals surface area (Å²) in [5.41, 5.74) is 0.283. The van der Waals surface area contributed by atoms with Gasteiger partial charge in [0.25, 0.3) is 11.7 Å². The number of H-pyrrole nitrogens is 1. The zero-order valence-corrected chi connectivity index (χ0v) is 11.5. The third-order valence-electron chi connectivity index (χ3n) is 2.75. The lowest BCUT2D eigenvalue weighted by atomic mass is 10.1. The van der Waals surface area contributed by atoms with E-state index in [1.807, 2.05) is 0 Å². The second-order valence-electron chi connectivity index (χ2n) is 4.31. The number of esters is 1. The Balaban J connectivity index is 2.58. The smallest absolute Gasteiger partial charge is 0.308 e. The van der Waals surface area contributed by atoms with Crippen LogP contribution in [0.5, 0.6) is 5.75 Å².